The molecule has 0 heterocycles. The second kappa shape index (κ2) is 11.6. The molecule has 0 atom stereocenters. The van der Waals surface area contributed by atoms with Crippen molar-refractivity contribution in [1.82, 2.24) is 5.43 Å². The molecule has 0 bridgehead atoms. The first-order valence-electron chi connectivity index (χ1n) is 9.77. The maximum atomic E-state index is 12.2. The molecule has 0 fully saturated rings. The van der Waals surface area contributed by atoms with E-state index in [1.807, 2.05) is 24.3 Å². The van der Waals surface area contributed by atoms with Gasteiger partial charge in [0.25, 0.3) is 5.91 Å². The first kappa shape index (κ1) is 23.0. The molecule has 7 heteroatoms. The molecule has 0 aliphatic carbocycles. The van der Waals surface area contributed by atoms with Crippen LogP contribution in [0.15, 0.2) is 95.0 Å². The summed E-state index contributed by atoms with van der Waals surface area (Å²) >= 11 is 3.33. The smallest absolute Gasteiger partial charge is 0.344 e. The summed E-state index contributed by atoms with van der Waals surface area (Å²) in [5, 5.41) is 3.93. The first-order valence-corrected chi connectivity index (χ1v) is 10.6. The summed E-state index contributed by atoms with van der Waals surface area (Å²) in [5.74, 6) is 0.201. The Labute approximate surface area is 194 Å². The zero-order valence-corrected chi connectivity index (χ0v) is 18.7. The minimum Gasteiger partial charge on any atom is -0.483 e. The number of ether oxygens (including phenoxy) is 2. The number of benzene rings is 3. The zero-order valence-electron chi connectivity index (χ0n) is 17.2. The van der Waals surface area contributed by atoms with Gasteiger partial charge in [-0.3, -0.25) is 4.79 Å². The Balaban J connectivity index is 1.48. The zero-order chi connectivity index (χ0) is 22.8. The third-order valence-electron chi connectivity index (χ3n) is 4.28. The molecule has 3 aromatic rings. The van der Waals surface area contributed by atoms with Crippen molar-refractivity contribution >= 4 is 34.0 Å². The van der Waals surface area contributed by atoms with E-state index in [1.165, 1.54) is 6.21 Å². The predicted molar refractivity (Wildman–Crippen MR) is 127 cm³/mol. The van der Waals surface area contributed by atoms with E-state index in [1.54, 1.807) is 54.6 Å². The van der Waals surface area contributed by atoms with E-state index in [0.717, 1.165) is 11.1 Å². The molecule has 32 heavy (non-hydrogen) atoms. The van der Waals surface area contributed by atoms with E-state index in [9.17, 15) is 9.59 Å². The van der Waals surface area contributed by atoms with Gasteiger partial charge in [-0.15, -0.1) is 6.58 Å². The van der Waals surface area contributed by atoms with Crippen LogP contribution in [-0.2, 0) is 11.2 Å². The van der Waals surface area contributed by atoms with Crippen molar-refractivity contribution in [2.45, 2.75) is 6.42 Å². The van der Waals surface area contributed by atoms with Gasteiger partial charge in [-0.1, -0.05) is 36.4 Å². The van der Waals surface area contributed by atoms with Crippen LogP contribution in [0.5, 0.6) is 11.5 Å². The number of nitrogens with one attached hydrogen (secondary N) is 1. The van der Waals surface area contributed by atoms with Gasteiger partial charge in [-0.25, -0.2) is 10.2 Å². The van der Waals surface area contributed by atoms with Gasteiger partial charge in [0.2, 0.25) is 0 Å². The van der Waals surface area contributed by atoms with Crippen molar-refractivity contribution in [3.63, 3.8) is 0 Å². The number of carbonyl (C=O) groups is 2. The van der Waals surface area contributed by atoms with Gasteiger partial charge >= 0.3 is 5.97 Å². The van der Waals surface area contributed by atoms with E-state index in [0.29, 0.717) is 28.0 Å². The van der Waals surface area contributed by atoms with Crippen LogP contribution >= 0.6 is 15.9 Å². The molecule has 0 spiro atoms. The van der Waals surface area contributed by atoms with Gasteiger partial charge < -0.3 is 9.47 Å². The summed E-state index contributed by atoms with van der Waals surface area (Å²) in [6, 6.07) is 21.3. The highest BCUT2D eigenvalue weighted by Crippen LogP contribution is 2.20. The fourth-order valence-corrected chi connectivity index (χ4v) is 3.18. The van der Waals surface area contributed by atoms with E-state index >= 15 is 0 Å². The highest BCUT2D eigenvalue weighted by atomic mass is 79.9. The van der Waals surface area contributed by atoms with Crippen molar-refractivity contribution in [3.05, 3.63) is 107 Å². The van der Waals surface area contributed by atoms with Crippen molar-refractivity contribution in [2.75, 3.05) is 6.61 Å². The second-order valence-electron chi connectivity index (χ2n) is 6.62. The third-order valence-corrected chi connectivity index (χ3v) is 4.97. The summed E-state index contributed by atoms with van der Waals surface area (Å²) < 4.78 is 11.6. The van der Waals surface area contributed by atoms with E-state index in [-0.39, 0.29) is 12.5 Å². The lowest BCUT2D eigenvalue weighted by Gasteiger charge is -2.09. The predicted octanol–water partition coefficient (Wildman–Crippen LogP) is 4.93. The standard InChI is InChI=1S/C25H21BrN2O4/c1-2-7-19-8-3-6-11-23(19)31-17-24(29)28-27-16-18-12-14-20(15-13-18)32-25(30)21-9-4-5-10-22(21)26/h2-6,8-16H,1,7,17H2,(H,28,29)/b27-16+. The van der Waals surface area contributed by atoms with E-state index < -0.39 is 5.97 Å². The highest BCUT2D eigenvalue weighted by Gasteiger charge is 2.11. The lowest BCUT2D eigenvalue weighted by atomic mass is 10.1. The third kappa shape index (κ3) is 6.65. The van der Waals surface area contributed by atoms with Gasteiger partial charge in [0.1, 0.15) is 11.5 Å². The molecule has 162 valence electrons. The molecule has 0 aliphatic heterocycles. The van der Waals surface area contributed by atoms with Gasteiger partial charge in [-0.05, 0) is 75.9 Å². The Morgan fingerprint density at radius 1 is 1.00 bits per heavy atom. The lowest BCUT2D eigenvalue weighted by Crippen LogP contribution is -2.24. The SMILES string of the molecule is C=CCc1ccccc1OCC(=O)N/N=C/c1ccc(OC(=O)c2ccccc2Br)cc1. The van der Waals surface area contributed by atoms with Gasteiger partial charge in [0.15, 0.2) is 6.61 Å². The van der Waals surface area contributed by atoms with Crippen LogP contribution in [0.25, 0.3) is 0 Å². The Morgan fingerprint density at radius 3 is 2.47 bits per heavy atom. The monoisotopic (exact) mass is 492 g/mol. The topological polar surface area (TPSA) is 77.0 Å². The van der Waals surface area contributed by atoms with Crippen LogP contribution in [0, 0.1) is 0 Å². The number of hydrogen-bond acceptors (Lipinski definition) is 5. The molecule has 3 aromatic carbocycles. The van der Waals surface area contributed by atoms with E-state index in [2.05, 4.69) is 33.0 Å². The van der Waals surface area contributed by atoms with Gasteiger partial charge in [-0.2, -0.15) is 5.10 Å². The highest BCUT2D eigenvalue weighted by molar-refractivity contribution is 9.10. The maximum absolute atomic E-state index is 12.2. The fraction of sp³-hybridized carbons (Fsp3) is 0.0800. The molecule has 1 amide bonds. The molecule has 0 radical (unpaired) electrons. The Hall–Kier alpha value is -3.71. The molecule has 0 unspecified atom stereocenters. The minimum atomic E-state index is -0.458. The number of rotatable bonds is 9. The van der Waals surface area contributed by atoms with Gasteiger partial charge in [0.05, 0.1) is 11.8 Å². The minimum absolute atomic E-state index is 0.157. The molecule has 3 rings (SSSR count). The number of para-hydroxylation sites is 1. The van der Waals surface area contributed by atoms with E-state index in [4.69, 9.17) is 9.47 Å². The number of hydrogen-bond donors (Lipinski definition) is 1. The fourth-order valence-electron chi connectivity index (χ4n) is 2.73. The van der Waals surface area contributed by atoms with Crippen LogP contribution in [0.4, 0.5) is 0 Å². The molecule has 6 nitrogen and oxygen atoms in total. The Morgan fingerprint density at radius 2 is 1.72 bits per heavy atom. The van der Waals surface area contributed by atoms with Crippen LogP contribution in [0.1, 0.15) is 21.5 Å². The molecule has 0 saturated carbocycles. The average molecular weight is 493 g/mol. The summed E-state index contributed by atoms with van der Waals surface area (Å²) in [7, 11) is 0. The molecule has 0 aromatic heterocycles. The summed E-state index contributed by atoms with van der Waals surface area (Å²) in [4.78, 5) is 24.2. The molecule has 0 saturated heterocycles. The average Bonchev–Trinajstić information content (AvgIpc) is 2.80. The number of hydrazone groups is 1. The molecular weight excluding hydrogens is 472 g/mol. The quantitative estimate of drug-likeness (QED) is 0.151. The number of amides is 1. The largest absolute Gasteiger partial charge is 0.483 e. The number of halogens is 1. The number of carbonyl (C=O) groups excluding carboxylic acids is 2. The lowest BCUT2D eigenvalue weighted by molar-refractivity contribution is -0.123. The van der Waals surface area contributed by atoms with Crippen molar-refractivity contribution in [3.8, 4) is 11.5 Å². The molecule has 1 N–H and O–H groups in total. The normalized spacial score (nSPS) is 10.5. The Bertz CT molecular complexity index is 1130. The van der Waals surface area contributed by atoms with Crippen LogP contribution in [-0.4, -0.2) is 24.7 Å². The molecular formula is C25H21BrN2O4. The summed E-state index contributed by atoms with van der Waals surface area (Å²) in [6.45, 7) is 3.56. The van der Waals surface area contributed by atoms with Crippen molar-refractivity contribution in [2.24, 2.45) is 5.10 Å². The van der Waals surface area contributed by atoms with Crippen molar-refractivity contribution in [1.29, 1.82) is 0 Å². The van der Waals surface area contributed by atoms with Crippen molar-refractivity contribution < 1.29 is 19.1 Å². The number of esters is 1. The number of nitrogens with zero attached hydrogens (tertiary/aromatic N) is 1. The molecule has 0 aliphatic rings. The number of allylic oxidation sites excluding steroid dienone is 1. The van der Waals surface area contributed by atoms with Crippen LogP contribution in [0.3, 0.4) is 0 Å². The second-order valence-corrected chi connectivity index (χ2v) is 7.48. The summed E-state index contributed by atoms with van der Waals surface area (Å²) in [5.41, 5.74) is 4.55. The van der Waals surface area contributed by atoms with Crippen LogP contribution < -0.4 is 14.9 Å². The van der Waals surface area contributed by atoms with Gasteiger partial charge in [0, 0.05) is 4.47 Å². The van der Waals surface area contributed by atoms with Crippen LogP contribution in [0.2, 0.25) is 0 Å². The summed E-state index contributed by atoms with van der Waals surface area (Å²) in [6.07, 6.45) is 3.92. The maximum Gasteiger partial charge on any atom is 0.344 e. The Kier molecular flexibility index (Phi) is 8.34. The first-order chi connectivity index (χ1) is 15.6.